The first kappa shape index (κ1) is 10.7. The molecule has 0 fully saturated rings. The van der Waals surface area contributed by atoms with Crippen molar-refractivity contribution in [3.63, 3.8) is 0 Å². The van der Waals surface area contributed by atoms with E-state index >= 15 is 0 Å². The molecule has 0 saturated heterocycles. The number of hydrogen-bond donors (Lipinski definition) is 3. The highest BCUT2D eigenvalue weighted by Crippen LogP contribution is 1.93. The first-order valence-corrected chi connectivity index (χ1v) is 5.48. The van der Waals surface area contributed by atoms with Gasteiger partial charge in [-0.3, -0.25) is 4.79 Å². The zero-order chi connectivity index (χ0) is 10.6. The Morgan fingerprint density at radius 2 is 2.29 bits per heavy atom. The van der Waals surface area contributed by atoms with Crippen molar-refractivity contribution in [3.8, 4) is 0 Å². The van der Waals surface area contributed by atoms with Crippen molar-refractivity contribution < 1.29 is 8.42 Å². The Bertz CT molecular complexity index is 452. The second-order valence-corrected chi connectivity index (χ2v) is 4.32. The molecule has 1 rings (SSSR count). The number of anilines is 1. The molecular weight excluding hydrogens is 208 g/mol. The third-order valence-corrected chi connectivity index (χ3v) is 2.14. The predicted octanol–water partition coefficient (Wildman–Crippen LogP) is -1.53. The van der Waals surface area contributed by atoms with E-state index in [9.17, 15) is 13.2 Å². The van der Waals surface area contributed by atoms with Crippen LogP contribution in [0.15, 0.2) is 17.2 Å². The van der Waals surface area contributed by atoms with Crippen molar-refractivity contribution in [2.75, 3.05) is 17.6 Å². The lowest BCUT2D eigenvalue weighted by Gasteiger charge is -2.02. The van der Waals surface area contributed by atoms with E-state index in [1.807, 2.05) is 0 Å². The van der Waals surface area contributed by atoms with Gasteiger partial charge in [-0.25, -0.2) is 18.5 Å². The Hall–Kier alpha value is -1.41. The number of H-pyrrole nitrogens is 1. The van der Waals surface area contributed by atoms with E-state index in [1.54, 1.807) is 0 Å². The fourth-order valence-corrected chi connectivity index (χ4v) is 1.17. The maximum Gasteiger partial charge on any atom is 0.252 e. The summed E-state index contributed by atoms with van der Waals surface area (Å²) in [6.45, 7) is 0.120. The van der Waals surface area contributed by atoms with Crippen LogP contribution in [0.3, 0.4) is 0 Å². The van der Waals surface area contributed by atoms with Crippen LogP contribution in [-0.4, -0.2) is 30.7 Å². The summed E-state index contributed by atoms with van der Waals surface area (Å²) in [7, 11) is -3.48. The van der Waals surface area contributed by atoms with Crippen LogP contribution in [0.4, 0.5) is 5.82 Å². The summed E-state index contributed by atoms with van der Waals surface area (Å²) in [6.07, 6.45) is 1.22. The number of aromatic amines is 1. The van der Waals surface area contributed by atoms with Crippen molar-refractivity contribution >= 4 is 15.8 Å². The van der Waals surface area contributed by atoms with Crippen molar-refractivity contribution in [1.82, 2.24) is 9.97 Å². The summed E-state index contributed by atoms with van der Waals surface area (Å²) in [6, 6.07) is 1.23. The van der Waals surface area contributed by atoms with Gasteiger partial charge in [-0.2, -0.15) is 0 Å². The highest BCUT2D eigenvalue weighted by atomic mass is 32.2. The summed E-state index contributed by atoms with van der Waals surface area (Å²) in [5.74, 6) is 0.110. The van der Waals surface area contributed by atoms with Gasteiger partial charge in [0, 0.05) is 12.6 Å². The standard InChI is InChI=1S/C6H10N4O3S/c7-14(12,13)2-1-8-5-3-6(11)10-4-9-5/h3-4H,1-2H2,(H2,7,12,13)(H2,8,9,10,11). The topological polar surface area (TPSA) is 118 Å². The van der Waals surface area contributed by atoms with E-state index < -0.39 is 10.0 Å². The van der Waals surface area contributed by atoms with Crippen LogP contribution in [-0.2, 0) is 10.0 Å². The zero-order valence-corrected chi connectivity index (χ0v) is 8.04. The monoisotopic (exact) mass is 218 g/mol. The van der Waals surface area contributed by atoms with Gasteiger partial charge in [0.15, 0.2) is 0 Å². The van der Waals surface area contributed by atoms with E-state index in [-0.39, 0.29) is 17.9 Å². The van der Waals surface area contributed by atoms with Gasteiger partial charge in [-0.15, -0.1) is 0 Å². The van der Waals surface area contributed by atoms with Gasteiger partial charge in [0.2, 0.25) is 10.0 Å². The summed E-state index contributed by atoms with van der Waals surface area (Å²) in [4.78, 5) is 16.9. The van der Waals surface area contributed by atoms with E-state index in [4.69, 9.17) is 5.14 Å². The van der Waals surface area contributed by atoms with Crippen molar-refractivity contribution in [2.45, 2.75) is 0 Å². The van der Waals surface area contributed by atoms with Gasteiger partial charge in [-0.05, 0) is 0 Å². The molecule has 0 bridgehead atoms. The van der Waals surface area contributed by atoms with Gasteiger partial charge < -0.3 is 10.3 Å². The average Bonchev–Trinajstić information content (AvgIpc) is 2.01. The Morgan fingerprint density at radius 1 is 1.57 bits per heavy atom. The Morgan fingerprint density at radius 3 is 2.86 bits per heavy atom. The molecule has 1 heterocycles. The minimum absolute atomic E-state index is 0.120. The molecule has 0 aliphatic rings. The van der Waals surface area contributed by atoms with E-state index in [1.165, 1.54) is 12.4 Å². The first-order chi connectivity index (χ1) is 6.47. The molecule has 0 unspecified atom stereocenters. The molecule has 0 amide bonds. The molecule has 0 radical (unpaired) electrons. The van der Waals surface area contributed by atoms with Crippen LogP contribution < -0.4 is 16.0 Å². The highest BCUT2D eigenvalue weighted by molar-refractivity contribution is 7.89. The smallest absolute Gasteiger partial charge is 0.252 e. The van der Waals surface area contributed by atoms with E-state index in [0.29, 0.717) is 5.82 Å². The second kappa shape index (κ2) is 4.20. The molecule has 0 aromatic carbocycles. The SMILES string of the molecule is NS(=O)(=O)CCNc1cc(=O)[nH]cn1. The van der Waals surface area contributed by atoms with Crippen LogP contribution in [0.5, 0.6) is 0 Å². The average molecular weight is 218 g/mol. The third-order valence-electron chi connectivity index (χ3n) is 1.37. The molecule has 0 atom stereocenters. The number of primary sulfonamides is 1. The third kappa shape index (κ3) is 4.01. The molecule has 14 heavy (non-hydrogen) atoms. The minimum atomic E-state index is -3.48. The fraction of sp³-hybridized carbons (Fsp3) is 0.333. The molecule has 8 heteroatoms. The van der Waals surface area contributed by atoms with Gasteiger partial charge in [0.25, 0.3) is 5.56 Å². The van der Waals surface area contributed by atoms with Crippen molar-refractivity contribution in [3.05, 3.63) is 22.7 Å². The molecule has 7 nitrogen and oxygen atoms in total. The van der Waals surface area contributed by atoms with Gasteiger partial charge >= 0.3 is 0 Å². The molecule has 0 aliphatic heterocycles. The highest BCUT2D eigenvalue weighted by Gasteiger charge is 2.01. The van der Waals surface area contributed by atoms with Crippen molar-refractivity contribution in [2.24, 2.45) is 5.14 Å². The predicted molar refractivity (Wildman–Crippen MR) is 51.3 cm³/mol. The summed E-state index contributed by atoms with van der Waals surface area (Å²) >= 11 is 0. The van der Waals surface area contributed by atoms with Crippen LogP contribution in [0.25, 0.3) is 0 Å². The van der Waals surface area contributed by atoms with Crippen molar-refractivity contribution in [1.29, 1.82) is 0 Å². The quantitative estimate of drug-likeness (QED) is 0.566. The largest absolute Gasteiger partial charge is 0.369 e. The maximum absolute atomic E-state index is 10.8. The molecule has 0 aliphatic carbocycles. The van der Waals surface area contributed by atoms with Crippen LogP contribution in [0.1, 0.15) is 0 Å². The lowest BCUT2D eigenvalue weighted by Crippen LogP contribution is -2.23. The molecule has 1 aromatic heterocycles. The van der Waals surface area contributed by atoms with Gasteiger partial charge in [-0.1, -0.05) is 0 Å². The number of nitrogens with two attached hydrogens (primary N) is 1. The lowest BCUT2D eigenvalue weighted by atomic mass is 10.5. The molecule has 1 aromatic rings. The number of sulfonamides is 1. The molecule has 78 valence electrons. The summed E-state index contributed by atoms with van der Waals surface area (Å²) in [5, 5.41) is 7.43. The molecule has 0 spiro atoms. The van der Waals surface area contributed by atoms with E-state index in [0.717, 1.165) is 0 Å². The molecule has 4 N–H and O–H groups in total. The minimum Gasteiger partial charge on any atom is -0.369 e. The molecular formula is C6H10N4O3S. The normalized spacial score (nSPS) is 11.2. The van der Waals surface area contributed by atoms with Gasteiger partial charge in [0.1, 0.15) is 5.82 Å². The Balaban J connectivity index is 2.51. The number of hydrogen-bond acceptors (Lipinski definition) is 5. The number of aromatic nitrogens is 2. The number of rotatable bonds is 4. The van der Waals surface area contributed by atoms with Gasteiger partial charge in [0.05, 0.1) is 12.1 Å². The Kier molecular flexibility index (Phi) is 3.20. The number of nitrogens with one attached hydrogen (secondary N) is 2. The lowest BCUT2D eigenvalue weighted by molar-refractivity contribution is 0.598. The first-order valence-electron chi connectivity index (χ1n) is 3.76. The Labute approximate surface area is 80.4 Å². The maximum atomic E-state index is 10.8. The summed E-state index contributed by atoms with van der Waals surface area (Å²) < 4.78 is 21.1. The second-order valence-electron chi connectivity index (χ2n) is 2.59. The van der Waals surface area contributed by atoms with Crippen LogP contribution in [0, 0.1) is 0 Å². The fourth-order valence-electron chi connectivity index (χ4n) is 0.787. The number of nitrogens with zero attached hydrogens (tertiary/aromatic N) is 1. The van der Waals surface area contributed by atoms with E-state index in [2.05, 4.69) is 15.3 Å². The van der Waals surface area contributed by atoms with Crippen LogP contribution in [0.2, 0.25) is 0 Å². The zero-order valence-electron chi connectivity index (χ0n) is 7.23. The molecule has 0 saturated carbocycles. The van der Waals surface area contributed by atoms with Crippen LogP contribution >= 0.6 is 0 Å². The summed E-state index contributed by atoms with van der Waals surface area (Å²) in [5.41, 5.74) is -0.307.